The van der Waals surface area contributed by atoms with Crippen LogP contribution >= 0.6 is 22.9 Å². The standard InChI is InChI=1S/C12H14ClF2N3OS/c1-2-7-5-8-10(16-3-4-19-6-9(14)15)17-12(13)18-11(8)20-7/h5,9H,2-4,6H2,1H3,(H,16,17,18). The van der Waals surface area contributed by atoms with Crippen molar-refractivity contribution in [2.24, 2.45) is 0 Å². The van der Waals surface area contributed by atoms with E-state index in [0.29, 0.717) is 12.4 Å². The van der Waals surface area contributed by atoms with Crippen molar-refractivity contribution in [2.45, 2.75) is 19.8 Å². The summed E-state index contributed by atoms with van der Waals surface area (Å²) in [5.41, 5.74) is 0. The highest BCUT2D eigenvalue weighted by atomic mass is 35.5. The first-order valence-electron chi connectivity index (χ1n) is 6.16. The van der Waals surface area contributed by atoms with Gasteiger partial charge >= 0.3 is 0 Å². The lowest BCUT2D eigenvalue weighted by Gasteiger charge is -2.07. The second-order valence-electron chi connectivity index (χ2n) is 4.02. The first kappa shape index (κ1) is 15.3. The zero-order chi connectivity index (χ0) is 14.5. The van der Waals surface area contributed by atoms with Crippen LogP contribution in [-0.4, -0.2) is 36.2 Å². The summed E-state index contributed by atoms with van der Waals surface area (Å²) in [6.07, 6.45) is -1.53. The molecule has 8 heteroatoms. The van der Waals surface area contributed by atoms with Gasteiger partial charge < -0.3 is 10.1 Å². The highest BCUT2D eigenvalue weighted by Crippen LogP contribution is 2.30. The quantitative estimate of drug-likeness (QED) is 0.625. The van der Waals surface area contributed by atoms with Crippen molar-refractivity contribution >= 4 is 39.0 Å². The lowest BCUT2D eigenvalue weighted by atomic mass is 10.3. The molecule has 2 rings (SSSR count). The van der Waals surface area contributed by atoms with E-state index < -0.39 is 13.0 Å². The number of rotatable bonds is 7. The van der Waals surface area contributed by atoms with Crippen LogP contribution in [0.4, 0.5) is 14.6 Å². The molecule has 2 aromatic heterocycles. The van der Waals surface area contributed by atoms with E-state index in [1.54, 1.807) is 11.3 Å². The number of ether oxygens (including phenoxy) is 1. The third-order valence-electron chi connectivity index (χ3n) is 2.55. The molecule has 0 spiro atoms. The van der Waals surface area contributed by atoms with Gasteiger partial charge in [0, 0.05) is 11.4 Å². The van der Waals surface area contributed by atoms with Gasteiger partial charge in [0.05, 0.1) is 12.0 Å². The van der Waals surface area contributed by atoms with Crippen molar-refractivity contribution in [2.75, 3.05) is 25.1 Å². The summed E-state index contributed by atoms with van der Waals surface area (Å²) in [7, 11) is 0. The van der Waals surface area contributed by atoms with E-state index in [4.69, 9.17) is 16.3 Å². The Morgan fingerprint density at radius 2 is 2.25 bits per heavy atom. The normalized spacial score (nSPS) is 11.4. The van der Waals surface area contributed by atoms with Crippen molar-refractivity contribution in [3.8, 4) is 0 Å². The molecular formula is C12H14ClF2N3OS. The number of hydrogen-bond donors (Lipinski definition) is 1. The third-order valence-corrected chi connectivity index (χ3v) is 3.89. The molecule has 0 aromatic carbocycles. The van der Waals surface area contributed by atoms with Gasteiger partial charge in [0.15, 0.2) is 0 Å². The smallest absolute Gasteiger partial charge is 0.261 e. The van der Waals surface area contributed by atoms with Crippen molar-refractivity contribution < 1.29 is 13.5 Å². The summed E-state index contributed by atoms with van der Waals surface area (Å²) in [5.74, 6) is 0.608. The molecule has 0 aliphatic heterocycles. The molecule has 2 aromatic rings. The van der Waals surface area contributed by atoms with E-state index in [-0.39, 0.29) is 11.9 Å². The molecular weight excluding hydrogens is 308 g/mol. The first-order valence-corrected chi connectivity index (χ1v) is 7.35. The molecule has 110 valence electrons. The van der Waals surface area contributed by atoms with Gasteiger partial charge in [-0.05, 0) is 24.1 Å². The van der Waals surface area contributed by atoms with Gasteiger partial charge in [-0.3, -0.25) is 0 Å². The minimum atomic E-state index is -2.45. The highest BCUT2D eigenvalue weighted by molar-refractivity contribution is 7.18. The predicted octanol–water partition coefficient (Wildman–Crippen LogP) is 3.60. The number of anilines is 1. The maximum atomic E-state index is 11.9. The van der Waals surface area contributed by atoms with E-state index in [1.165, 1.54) is 4.88 Å². The Bertz CT molecular complexity index is 579. The van der Waals surface area contributed by atoms with E-state index in [1.807, 2.05) is 6.07 Å². The summed E-state index contributed by atoms with van der Waals surface area (Å²) in [6.45, 7) is 2.07. The highest BCUT2D eigenvalue weighted by Gasteiger charge is 2.10. The van der Waals surface area contributed by atoms with E-state index in [9.17, 15) is 8.78 Å². The Morgan fingerprint density at radius 3 is 2.95 bits per heavy atom. The Kier molecular flexibility index (Phi) is 5.45. The minimum Gasteiger partial charge on any atom is -0.374 e. The van der Waals surface area contributed by atoms with Crippen LogP contribution in [0.3, 0.4) is 0 Å². The number of fused-ring (bicyclic) bond motifs is 1. The summed E-state index contributed by atoms with van der Waals surface area (Å²) >= 11 is 7.44. The number of hydrogen-bond acceptors (Lipinski definition) is 5. The maximum Gasteiger partial charge on any atom is 0.261 e. The van der Waals surface area contributed by atoms with E-state index in [2.05, 4.69) is 22.2 Å². The molecule has 0 amide bonds. The minimum absolute atomic E-state index is 0.165. The number of nitrogens with one attached hydrogen (secondary N) is 1. The molecule has 0 aliphatic rings. The van der Waals surface area contributed by atoms with Gasteiger partial charge in [0.2, 0.25) is 5.28 Å². The fourth-order valence-electron chi connectivity index (χ4n) is 1.67. The lowest BCUT2D eigenvalue weighted by molar-refractivity contribution is 0.0215. The van der Waals surface area contributed by atoms with Crippen molar-refractivity contribution in [1.82, 2.24) is 9.97 Å². The molecule has 0 bridgehead atoms. The molecule has 0 atom stereocenters. The third kappa shape index (κ3) is 3.97. The lowest BCUT2D eigenvalue weighted by Crippen LogP contribution is -2.14. The van der Waals surface area contributed by atoms with Crippen LogP contribution in [0, 0.1) is 0 Å². The van der Waals surface area contributed by atoms with E-state index in [0.717, 1.165) is 16.6 Å². The average Bonchev–Trinajstić information content (AvgIpc) is 2.80. The molecule has 1 N–H and O–H groups in total. The number of aryl methyl sites for hydroxylation is 1. The number of thiophene rings is 1. The fourth-order valence-corrected chi connectivity index (χ4v) is 2.85. The van der Waals surface area contributed by atoms with E-state index >= 15 is 0 Å². The van der Waals surface area contributed by atoms with Gasteiger partial charge in [-0.15, -0.1) is 11.3 Å². The van der Waals surface area contributed by atoms with Crippen molar-refractivity contribution in [3.05, 3.63) is 16.2 Å². The average molecular weight is 322 g/mol. The number of halogens is 3. The topological polar surface area (TPSA) is 47.0 Å². The van der Waals surface area contributed by atoms with Gasteiger partial charge in [-0.25, -0.2) is 18.7 Å². The number of nitrogens with zero attached hydrogens (tertiary/aromatic N) is 2. The Hall–Kier alpha value is -1.05. The molecule has 0 radical (unpaired) electrons. The Balaban J connectivity index is 2.03. The molecule has 20 heavy (non-hydrogen) atoms. The molecule has 0 aliphatic carbocycles. The van der Waals surface area contributed by atoms with Crippen LogP contribution < -0.4 is 5.32 Å². The fraction of sp³-hybridized carbons (Fsp3) is 0.500. The zero-order valence-corrected chi connectivity index (χ0v) is 12.4. The second-order valence-corrected chi connectivity index (χ2v) is 5.47. The molecule has 0 saturated heterocycles. The monoisotopic (exact) mass is 321 g/mol. The summed E-state index contributed by atoms with van der Waals surface area (Å²) in [5, 5.41) is 4.10. The van der Waals surface area contributed by atoms with Crippen LogP contribution in [-0.2, 0) is 11.2 Å². The molecule has 0 fully saturated rings. The van der Waals surface area contributed by atoms with Crippen LogP contribution in [0.2, 0.25) is 5.28 Å². The summed E-state index contributed by atoms with van der Waals surface area (Å²) < 4.78 is 28.6. The Labute approximate surface area is 124 Å². The molecule has 0 saturated carbocycles. The Morgan fingerprint density at radius 1 is 1.45 bits per heavy atom. The van der Waals surface area contributed by atoms with Crippen LogP contribution in [0.5, 0.6) is 0 Å². The largest absolute Gasteiger partial charge is 0.374 e. The van der Waals surface area contributed by atoms with Crippen LogP contribution in [0.1, 0.15) is 11.8 Å². The van der Waals surface area contributed by atoms with Gasteiger partial charge in [-0.2, -0.15) is 0 Å². The van der Waals surface area contributed by atoms with Gasteiger partial charge in [-0.1, -0.05) is 6.92 Å². The zero-order valence-electron chi connectivity index (χ0n) is 10.8. The van der Waals surface area contributed by atoms with Crippen molar-refractivity contribution in [3.63, 3.8) is 0 Å². The number of alkyl halides is 2. The number of aromatic nitrogens is 2. The first-order chi connectivity index (χ1) is 9.60. The van der Waals surface area contributed by atoms with Gasteiger partial charge in [0.25, 0.3) is 6.43 Å². The molecule has 0 unspecified atom stereocenters. The molecule has 4 nitrogen and oxygen atoms in total. The van der Waals surface area contributed by atoms with Crippen molar-refractivity contribution in [1.29, 1.82) is 0 Å². The summed E-state index contributed by atoms with van der Waals surface area (Å²) in [6, 6.07) is 2.01. The maximum absolute atomic E-state index is 11.9. The van der Waals surface area contributed by atoms with Crippen LogP contribution in [0.15, 0.2) is 6.07 Å². The SMILES string of the molecule is CCc1cc2c(NCCOCC(F)F)nc(Cl)nc2s1. The second kappa shape index (κ2) is 7.10. The van der Waals surface area contributed by atoms with Gasteiger partial charge in [0.1, 0.15) is 17.3 Å². The molecule has 2 heterocycles. The predicted molar refractivity (Wildman–Crippen MR) is 77.1 cm³/mol. The summed E-state index contributed by atoms with van der Waals surface area (Å²) in [4.78, 5) is 10.3. The van der Waals surface area contributed by atoms with Crippen LogP contribution in [0.25, 0.3) is 10.2 Å².